The fourth-order valence-corrected chi connectivity index (χ4v) is 5.32. The number of amides is 3. The Balaban J connectivity index is 1.43. The predicted molar refractivity (Wildman–Crippen MR) is 153 cm³/mol. The van der Waals surface area contributed by atoms with Gasteiger partial charge in [0.25, 0.3) is 11.8 Å². The van der Waals surface area contributed by atoms with E-state index in [2.05, 4.69) is 10.4 Å². The molecule has 2 aliphatic heterocycles. The van der Waals surface area contributed by atoms with Gasteiger partial charge in [-0.2, -0.15) is 5.10 Å². The molecule has 10 nitrogen and oxygen atoms in total. The van der Waals surface area contributed by atoms with E-state index in [0.717, 1.165) is 43.5 Å². The quantitative estimate of drug-likeness (QED) is 0.377. The number of unbranched alkanes of at least 4 members (excludes halogenated alkanes) is 2. The highest BCUT2D eigenvalue weighted by molar-refractivity contribution is 6.09. The average Bonchev–Trinajstić information content (AvgIpc) is 3.38. The van der Waals surface area contributed by atoms with Gasteiger partial charge in [0.2, 0.25) is 5.91 Å². The number of ether oxygens (including phenoxy) is 1. The van der Waals surface area contributed by atoms with Crippen molar-refractivity contribution in [1.82, 2.24) is 15.1 Å². The van der Waals surface area contributed by atoms with Crippen LogP contribution >= 0.6 is 0 Å². The number of benzene rings is 2. The molecule has 0 saturated carbocycles. The summed E-state index contributed by atoms with van der Waals surface area (Å²) in [5, 5.41) is 7.60. The van der Waals surface area contributed by atoms with Crippen LogP contribution in [-0.4, -0.2) is 60.8 Å². The number of fused-ring (bicyclic) bond motifs is 1. The van der Waals surface area contributed by atoms with Crippen molar-refractivity contribution >= 4 is 29.1 Å². The van der Waals surface area contributed by atoms with E-state index in [1.54, 1.807) is 28.8 Å². The van der Waals surface area contributed by atoms with E-state index in [9.17, 15) is 14.4 Å². The molecule has 2 aromatic carbocycles. The summed E-state index contributed by atoms with van der Waals surface area (Å²) in [7, 11) is 1.59. The lowest BCUT2D eigenvalue weighted by Gasteiger charge is -2.29. The van der Waals surface area contributed by atoms with Crippen molar-refractivity contribution in [2.24, 2.45) is 5.73 Å². The van der Waals surface area contributed by atoms with Gasteiger partial charge in [-0.3, -0.25) is 14.4 Å². The van der Waals surface area contributed by atoms with E-state index < -0.39 is 0 Å². The van der Waals surface area contributed by atoms with Crippen molar-refractivity contribution < 1.29 is 19.1 Å². The molecule has 1 aromatic heterocycles. The van der Waals surface area contributed by atoms with Crippen LogP contribution in [0.1, 0.15) is 65.1 Å². The van der Waals surface area contributed by atoms with E-state index >= 15 is 0 Å². The van der Waals surface area contributed by atoms with Gasteiger partial charge in [0.1, 0.15) is 11.4 Å². The molecule has 3 heterocycles. The fourth-order valence-electron chi connectivity index (χ4n) is 5.32. The third kappa shape index (κ3) is 5.58. The second-order valence-electron chi connectivity index (χ2n) is 10.1. The van der Waals surface area contributed by atoms with Crippen molar-refractivity contribution in [1.29, 1.82) is 0 Å². The zero-order chi connectivity index (χ0) is 28.1. The van der Waals surface area contributed by atoms with E-state index in [1.165, 1.54) is 0 Å². The summed E-state index contributed by atoms with van der Waals surface area (Å²) < 4.78 is 6.85. The van der Waals surface area contributed by atoms with Gasteiger partial charge in [0, 0.05) is 43.0 Å². The molecule has 3 amide bonds. The molecule has 3 aromatic rings. The summed E-state index contributed by atoms with van der Waals surface area (Å²) in [5.74, 6) is 0.299. The first kappa shape index (κ1) is 27.4. The van der Waals surface area contributed by atoms with Gasteiger partial charge in [-0.1, -0.05) is 6.42 Å². The van der Waals surface area contributed by atoms with Crippen LogP contribution in [0.5, 0.6) is 5.75 Å². The second kappa shape index (κ2) is 12.3. The maximum atomic E-state index is 14.0. The molecule has 0 atom stereocenters. The van der Waals surface area contributed by atoms with Crippen LogP contribution < -0.4 is 25.6 Å². The number of aromatic nitrogens is 2. The third-order valence-corrected chi connectivity index (χ3v) is 7.51. The minimum absolute atomic E-state index is 0.131. The number of hydrogen-bond acceptors (Lipinski definition) is 6. The van der Waals surface area contributed by atoms with Crippen molar-refractivity contribution in [2.45, 2.75) is 44.9 Å². The number of piperidine rings is 1. The molecule has 5 rings (SSSR count). The van der Waals surface area contributed by atoms with Crippen LogP contribution in [0.4, 0.5) is 11.4 Å². The number of carbonyl (C=O) groups is 3. The van der Waals surface area contributed by atoms with Crippen LogP contribution in [0.2, 0.25) is 0 Å². The summed E-state index contributed by atoms with van der Waals surface area (Å²) >= 11 is 0. The highest BCUT2D eigenvalue weighted by Gasteiger charge is 2.35. The number of nitrogens with two attached hydrogens (primary N) is 1. The number of nitrogens with zero attached hydrogens (tertiary/aromatic N) is 4. The Morgan fingerprint density at radius 2 is 1.60 bits per heavy atom. The number of anilines is 2. The largest absolute Gasteiger partial charge is 0.497 e. The van der Waals surface area contributed by atoms with Gasteiger partial charge in [0.15, 0.2) is 5.69 Å². The molecule has 0 bridgehead atoms. The number of hydrogen-bond donors (Lipinski definition) is 2. The standard InChI is InChI=1S/C30H36N6O4/c1-40-24-14-12-23(13-15-24)36-28-25(27(33-36)29(38)32-18-5-2-4-17-31)16-20-35(30(28)39)22-10-8-21(9-11-22)34-19-6-3-7-26(34)37/h8-15H,2-7,16-20,31H2,1H3,(H,32,38). The smallest absolute Gasteiger partial charge is 0.277 e. The second-order valence-corrected chi connectivity index (χ2v) is 10.1. The lowest BCUT2D eigenvalue weighted by atomic mass is 10.0. The zero-order valence-corrected chi connectivity index (χ0v) is 22.9. The molecule has 0 unspecified atom stereocenters. The van der Waals surface area contributed by atoms with Crippen LogP contribution in [-0.2, 0) is 11.2 Å². The molecule has 1 saturated heterocycles. The van der Waals surface area contributed by atoms with E-state index in [4.69, 9.17) is 10.5 Å². The first-order chi connectivity index (χ1) is 19.5. The highest BCUT2D eigenvalue weighted by Crippen LogP contribution is 2.31. The van der Waals surface area contributed by atoms with Crippen molar-refractivity contribution in [3.05, 3.63) is 65.5 Å². The van der Waals surface area contributed by atoms with Crippen LogP contribution in [0.3, 0.4) is 0 Å². The summed E-state index contributed by atoms with van der Waals surface area (Å²) in [6.45, 7) is 2.28. The first-order valence-electron chi connectivity index (χ1n) is 14.0. The molecular weight excluding hydrogens is 508 g/mol. The summed E-state index contributed by atoms with van der Waals surface area (Å²) in [6.07, 6.45) is 5.64. The van der Waals surface area contributed by atoms with Crippen molar-refractivity contribution in [3.8, 4) is 11.4 Å². The minimum atomic E-state index is -0.284. The third-order valence-electron chi connectivity index (χ3n) is 7.51. The molecule has 0 spiro atoms. The van der Waals surface area contributed by atoms with Crippen LogP contribution in [0, 0.1) is 0 Å². The maximum absolute atomic E-state index is 14.0. The Kier molecular flexibility index (Phi) is 8.45. The zero-order valence-electron chi connectivity index (χ0n) is 22.9. The van der Waals surface area contributed by atoms with Crippen LogP contribution in [0.15, 0.2) is 48.5 Å². The molecule has 1 fully saturated rings. The Hall–Kier alpha value is -4.18. The highest BCUT2D eigenvalue weighted by atomic mass is 16.5. The molecule has 40 heavy (non-hydrogen) atoms. The molecule has 0 aliphatic carbocycles. The number of rotatable bonds is 10. The monoisotopic (exact) mass is 544 g/mol. The minimum Gasteiger partial charge on any atom is -0.497 e. The molecule has 10 heteroatoms. The van der Waals surface area contributed by atoms with E-state index in [-0.39, 0.29) is 23.4 Å². The summed E-state index contributed by atoms with van der Waals surface area (Å²) in [5.41, 5.74) is 9.10. The summed E-state index contributed by atoms with van der Waals surface area (Å²) in [6, 6.07) is 14.8. The van der Waals surface area contributed by atoms with Gasteiger partial charge in [-0.25, -0.2) is 4.68 Å². The Bertz CT molecular complexity index is 1370. The summed E-state index contributed by atoms with van der Waals surface area (Å²) in [4.78, 5) is 43.0. The number of methoxy groups -OCH3 is 1. The number of carbonyl (C=O) groups excluding carboxylic acids is 3. The Morgan fingerprint density at radius 3 is 2.27 bits per heavy atom. The first-order valence-corrected chi connectivity index (χ1v) is 14.0. The maximum Gasteiger partial charge on any atom is 0.277 e. The number of nitrogens with one attached hydrogen (secondary N) is 1. The van der Waals surface area contributed by atoms with Gasteiger partial charge < -0.3 is 25.6 Å². The van der Waals surface area contributed by atoms with Crippen molar-refractivity contribution in [3.63, 3.8) is 0 Å². The average molecular weight is 545 g/mol. The molecule has 210 valence electrons. The van der Waals surface area contributed by atoms with E-state index in [0.29, 0.717) is 61.7 Å². The predicted octanol–water partition coefficient (Wildman–Crippen LogP) is 3.46. The molecular formula is C30H36N6O4. The lowest BCUT2D eigenvalue weighted by Crippen LogP contribution is -2.39. The van der Waals surface area contributed by atoms with Gasteiger partial charge in [0.05, 0.1) is 12.8 Å². The normalized spacial score (nSPS) is 15.2. The Morgan fingerprint density at radius 1 is 0.900 bits per heavy atom. The lowest BCUT2D eigenvalue weighted by molar-refractivity contribution is -0.119. The molecule has 3 N–H and O–H groups in total. The van der Waals surface area contributed by atoms with Crippen molar-refractivity contribution in [2.75, 3.05) is 43.1 Å². The topological polar surface area (TPSA) is 123 Å². The van der Waals surface area contributed by atoms with E-state index in [1.807, 2.05) is 41.3 Å². The van der Waals surface area contributed by atoms with Gasteiger partial charge in [-0.05, 0) is 87.2 Å². The molecule has 2 aliphatic rings. The Labute approximate surface area is 234 Å². The van der Waals surface area contributed by atoms with Gasteiger partial charge >= 0.3 is 0 Å². The molecule has 0 radical (unpaired) electrons. The SMILES string of the molecule is COc1ccc(-n2nc(C(=O)NCCCCCN)c3c2C(=O)N(c2ccc(N4CCCCC4=O)cc2)CC3)cc1. The fraction of sp³-hybridized carbons (Fsp3) is 0.400. The van der Waals surface area contributed by atoms with Gasteiger partial charge in [-0.15, -0.1) is 0 Å². The van der Waals surface area contributed by atoms with Crippen LogP contribution in [0.25, 0.3) is 5.69 Å².